The van der Waals surface area contributed by atoms with E-state index in [1.165, 1.54) is 12.1 Å². The number of carbonyl (C=O) groups excluding carboxylic acids is 1. The van der Waals surface area contributed by atoms with Crippen LogP contribution in [0.4, 0.5) is 4.39 Å². The molecule has 5 heteroatoms. The van der Waals surface area contributed by atoms with Crippen LogP contribution < -0.4 is 5.32 Å². The third-order valence-corrected chi connectivity index (χ3v) is 3.82. The van der Waals surface area contributed by atoms with Crippen LogP contribution in [0.2, 0.25) is 5.02 Å². The maximum absolute atomic E-state index is 14.1. The lowest BCUT2D eigenvalue weighted by molar-refractivity contribution is -0.121. The topological polar surface area (TPSA) is 52.9 Å². The molecule has 0 bridgehead atoms. The van der Waals surface area contributed by atoms with Crippen molar-refractivity contribution < 1.29 is 9.18 Å². The van der Waals surface area contributed by atoms with Gasteiger partial charge in [0.25, 0.3) is 0 Å². The number of carbonyl (C=O) groups is 1. The third kappa shape index (κ3) is 2.93. The Hall–Kier alpha value is -1.86. The van der Waals surface area contributed by atoms with Crippen molar-refractivity contribution in [1.82, 2.24) is 5.32 Å². The van der Waals surface area contributed by atoms with Crippen LogP contribution in [0.25, 0.3) is 0 Å². The molecule has 0 saturated heterocycles. The second kappa shape index (κ2) is 5.50. The molecule has 1 aliphatic rings. The van der Waals surface area contributed by atoms with Crippen molar-refractivity contribution in [2.24, 2.45) is 5.41 Å². The zero-order valence-corrected chi connectivity index (χ0v) is 12.9. The van der Waals surface area contributed by atoms with Gasteiger partial charge in [-0.2, -0.15) is 5.26 Å². The second-order valence-electron chi connectivity index (χ2n) is 6.09. The van der Waals surface area contributed by atoms with Gasteiger partial charge in [0.05, 0.1) is 11.6 Å². The summed E-state index contributed by atoms with van der Waals surface area (Å²) in [6.07, 6.45) is 0.0170. The van der Waals surface area contributed by atoms with Gasteiger partial charge in [0, 0.05) is 34.0 Å². The van der Waals surface area contributed by atoms with E-state index >= 15 is 0 Å². The third-order valence-electron chi connectivity index (χ3n) is 3.49. The van der Waals surface area contributed by atoms with Crippen LogP contribution in [0, 0.1) is 22.6 Å². The first-order valence-electron chi connectivity index (χ1n) is 6.64. The highest BCUT2D eigenvalue weighted by atomic mass is 35.5. The molecule has 21 heavy (non-hydrogen) atoms. The molecule has 0 aliphatic carbocycles. The minimum atomic E-state index is -0.647. The largest absolute Gasteiger partial charge is 0.328 e. The number of nitrogens with one attached hydrogen (secondary N) is 1. The van der Waals surface area contributed by atoms with Crippen LogP contribution in [0.15, 0.2) is 29.5 Å². The molecule has 0 saturated carbocycles. The second-order valence-corrected chi connectivity index (χ2v) is 6.50. The number of hydrogen-bond acceptors (Lipinski definition) is 2. The van der Waals surface area contributed by atoms with Crippen LogP contribution in [-0.4, -0.2) is 5.91 Å². The van der Waals surface area contributed by atoms with Crippen molar-refractivity contribution in [1.29, 1.82) is 5.26 Å². The molecule has 1 amide bonds. The number of rotatable bonds is 1. The Morgan fingerprint density at radius 1 is 1.43 bits per heavy atom. The standard InChI is InChI=1S/C16H16ClFN2O/c1-16(2,3)15-10(8-19)9(7-13(21)20-15)14-11(17)5-4-6-12(14)18/h4-6,9H,7H2,1-3H3,(H,20,21). The highest BCUT2D eigenvalue weighted by Gasteiger charge is 2.36. The monoisotopic (exact) mass is 306 g/mol. The molecule has 1 heterocycles. The fourth-order valence-electron chi connectivity index (χ4n) is 2.53. The van der Waals surface area contributed by atoms with Gasteiger partial charge in [0.1, 0.15) is 5.82 Å². The maximum atomic E-state index is 14.1. The van der Waals surface area contributed by atoms with E-state index in [1.54, 1.807) is 6.07 Å². The van der Waals surface area contributed by atoms with Gasteiger partial charge < -0.3 is 5.32 Å². The first-order chi connectivity index (χ1) is 9.75. The van der Waals surface area contributed by atoms with Crippen LogP contribution >= 0.6 is 11.6 Å². The molecule has 110 valence electrons. The molecular formula is C16H16ClFN2O. The van der Waals surface area contributed by atoms with Crippen LogP contribution in [0.5, 0.6) is 0 Å². The number of hydrogen-bond donors (Lipinski definition) is 1. The number of benzene rings is 1. The van der Waals surface area contributed by atoms with Crippen LogP contribution in [-0.2, 0) is 4.79 Å². The van der Waals surface area contributed by atoms with Gasteiger partial charge in [-0.1, -0.05) is 38.4 Å². The molecule has 0 radical (unpaired) electrons. The average molecular weight is 307 g/mol. The van der Waals surface area contributed by atoms with Crippen molar-refractivity contribution in [3.63, 3.8) is 0 Å². The summed E-state index contributed by atoms with van der Waals surface area (Å²) in [7, 11) is 0. The number of allylic oxidation sites excluding steroid dienone is 2. The van der Waals surface area contributed by atoms with E-state index in [1.807, 2.05) is 20.8 Å². The van der Waals surface area contributed by atoms with Crippen LogP contribution in [0.1, 0.15) is 38.7 Å². The normalized spacial score (nSPS) is 19.2. The average Bonchev–Trinajstić information content (AvgIpc) is 2.37. The summed E-state index contributed by atoms with van der Waals surface area (Å²) in [6, 6.07) is 6.49. The molecule has 2 rings (SSSR count). The van der Waals surface area contributed by atoms with Crippen molar-refractivity contribution in [2.75, 3.05) is 0 Å². The minimum Gasteiger partial charge on any atom is -0.328 e. The van der Waals surface area contributed by atoms with E-state index in [0.29, 0.717) is 11.3 Å². The molecule has 0 spiro atoms. The molecular weight excluding hydrogens is 291 g/mol. The molecule has 1 atom stereocenters. The number of halogens is 2. The van der Waals surface area contributed by atoms with Crippen molar-refractivity contribution in [3.8, 4) is 6.07 Å². The first-order valence-corrected chi connectivity index (χ1v) is 7.02. The van der Waals surface area contributed by atoms with Crippen molar-refractivity contribution >= 4 is 17.5 Å². The number of nitriles is 1. The van der Waals surface area contributed by atoms with Gasteiger partial charge in [-0.15, -0.1) is 0 Å². The van der Waals surface area contributed by atoms with Crippen molar-refractivity contribution in [3.05, 3.63) is 45.9 Å². The predicted octanol–water partition coefficient (Wildman–Crippen LogP) is 3.91. The number of nitrogens with zero attached hydrogens (tertiary/aromatic N) is 1. The molecule has 1 unspecified atom stereocenters. The zero-order valence-electron chi connectivity index (χ0n) is 12.1. The Morgan fingerprint density at radius 2 is 2.10 bits per heavy atom. The summed E-state index contributed by atoms with van der Waals surface area (Å²) in [5, 5.41) is 12.5. The maximum Gasteiger partial charge on any atom is 0.225 e. The van der Waals surface area contributed by atoms with Gasteiger partial charge in [-0.3, -0.25) is 4.79 Å². The molecule has 1 aromatic rings. The summed E-state index contributed by atoms with van der Waals surface area (Å²) in [6.45, 7) is 5.68. The summed E-state index contributed by atoms with van der Waals surface area (Å²) in [4.78, 5) is 12.0. The highest BCUT2D eigenvalue weighted by Crippen LogP contribution is 2.41. The Labute approximate surface area is 128 Å². The lowest BCUT2D eigenvalue weighted by atomic mass is 9.78. The quantitative estimate of drug-likeness (QED) is 0.855. The van der Waals surface area contributed by atoms with Gasteiger partial charge >= 0.3 is 0 Å². The molecule has 1 aromatic carbocycles. The van der Waals surface area contributed by atoms with Gasteiger partial charge in [0.15, 0.2) is 0 Å². The fourth-order valence-corrected chi connectivity index (χ4v) is 2.83. The molecule has 1 N–H and O–H groups in total. The van der Waals surface area contributed by atoms with E-state index in [2.05, 4.69) is 11.4 Å². The van der Waals surface area contributed by atoms with Gasteiger partial charge in [-0.05, 0) is 12.1 Å². The SMILES string of the molecule is CC(C)(C)C1=C(C#N)C(c2c(F)cccc2Cl)CC(=O)N1. The Morgan fingerprint density at radius 3 is 2.62 bits per heavy atom. The molecule has 0 fully saturated rings. The van der Waals surface area contributed by atoms with Crippen molar-refractivity contribution in [2.45, 2.75) is 33.1 Å². The fraction of sp³-hybridized carbons (Fsp3) is 0.375. The predicted molar refractivity (Wildman–Crippen MR) is 79.0 cm³/mol. The van der Waals surface area contributed by atoms with E-state index < -0.39 is 17.2 Å². The van der Waals surface area contributed by atoms with E-state index in [9.17, 15) is 14.4 Å². The Bertz CT molecular complexity index is 648. The van der Waals surface area contributed by atoms with Gasteiger partial charge in [-0.25, -0.2) is 4.39 Å². The summed E-state index contributed by atoms with van der Waals surface area (Å²) in [5.41, 5.74) is 0.698. The minimum absolute atomic E-state index is 0.0170. The molecule has 3 nitrogen and oxygen atoms in total. The Kier molecular flexibility index (Phi) is 4.06. The summed E-state index contributed by atoms with van der Waals surface area (Å²) >= 11 is 6.09. The van der Waals surface area contributed by atoms with E-state index in [4.69, 9.17) is 11.6 Å². The lowest BCUT2D eigenvalue weighted by Crippen LogP contribution is -2.37. The first kappa shape index (κ1) is 15.5. The molecule has 1 aliphatic heterocycles. The van der Waals surface area contributed by atoms with E-state index in [-0.39, 0.29) is 22.9 Å². The highest BCUT2D eigenvalue weighted by molar-refractivity contribution is 6.31. The zero-order chi connectivity index (χ0) is 15.8. The Balaban J connectivity index is 2.68. The van der Waals surface area contributed by atoms with E-state index in [0.717, 1.165) is 0 Å². The lowest BCUT2D eigenvalue weighted by Gasteiger charge is -2.32. The van der Waals surface area contributed by atoms with Crippen LogP contribution in [0.3, 0.4) is 0 Å². The smallest absolute Gasteiger partial charge is 0.225 e. The van der Waals surface area contributed by atoms with Gasteiger partial charge in [0.2, 0.25) is 5.91 Å². The summed E-state index contributed by atoms with van der Waals surface area (Å²) in [5.74, 6) is -1.38. The summed E-state index contributed by atoms with van der Waals surface area (Å²) < 4.78 is 14.1. The molecule has 0 aromatic heterocycles. The number of amides is 1.